The van der Waals surface area contributed by atoms with Crippen molar-refractivity contribution in [2.45, 2.75) is 11.4 Å². The van der Waals surface area contributed by atoms with E-state index in [1.807, 2.05) is 0 Å². The van der Waals surface area contributed by atoms with Gasteiger partial charge >= 0.3 is 0 Å². The van der Waals surface area contributed by atoms with Crippen LogP contribution in [0.4, 0.5) is 10.1 Å². The number of rotatable bonds is 4. The van der Waals surface area contributed by atoms with Crippen LogP contribution in [0.5, 0.6) is 0 Å². The number of halogens is 2. The maximum absolute atomic E-state index is 12.7. The average Bonchev–Trinajstić information content (AvgIpc) is 2.74. The molecule has 0 aliphatic carbocycles. The summed E-state index contributed by atoms with van der Waals surface area (Å²) >= 11 is 3.02. The van der Waals surface area contributed by atoms with E-state index in [0.29, 0.717) is 5.76 Å². The molecule has 1 aromatic heterocycles. The monoisotopic (exact) mass is 348 g/mol. The smallest absolute Gasteiger partial charge is 0.266 e. The van der Waals surface area contributed by atoms with Crippen LogP contribution in [0.2, 0.25) is 0 Å². The SMILES string of the molecule is NCc1cc(S(=O)(=O)Nc2ccc(F)cc2)c(Br)o1. The minimum atomic E-state index is -3.81. The van der Waals surface area contributed by atoms with Crippen molar-refractivity contribution in [3.63, 3.8) is 0 Å². The fraction of sp³-hybridized carbons (Fsp3) is 0.0909. The third kappa shape index (κ3) is 3.14. The Hall–Kier alpha value is -1.38. The highest BCUT2D eigenvalue weighted by Gasteiger charge is 2.22. The molecule has 0 saturated carbocycles. The third-order valence-electron chi connectivity index (χ3n) is 2.29. The Bertz CT molecular complexity index is 682. The predicted molar refractivity (Wildman–Crippen MR) is 71.5 cm³/mol. The molecular formula is C11H10BrFN2O3S. The number of anilines is 1. The zero-order valence-electron chi connectivity index (χ0n) is 9.56. The number of nitrogens with two attached hydrogens (primary N) is 1. The van der Waals surface area contributed by atoms with E-state index in [0.717, 1.165) is 12.1 Å². The van der Waals surface area contributed by atoms with Crippen LogP contribution in [0.15, 0.2) is 44.3 Å². The summed E-state index contributed by atoms with van der Waals surface area (Å²) in [5, 5.41) is 0. The molecule has 2 rings (SSSR count). The van der Waals surface area contributed by atoms with Gasteiger partial charge in [-0.05, 0) is 40.2 Å². The molecule has 0 spiro atoms. The molecule has 3 N–H and O–H groups in total. The summed E-state index contributed by atoms with van der Waals surface area (Å²) in [7, 11) is -3.81. The Labute approximate surface area is 117 Å². The van der Waals surface area contributed by atoms with Gasteiger partial charge in [0.05, 0.1) is 6.54 Å². The fourth-order valence-corrected chi connectivity index (χ4v) is 3.47. The maximum atomic E-state index is 12.7. The first-order valence-electron chi connectivity index (χ1n) is 5.19. The molecule has 1 aromatic carbocycles. The number of nitrogens with one attached hydrogen (secondary N) is 1. The molecule has 0 aliphatic rings. The van der Waals surface area contributed by atoms with Gasteiger partial charge in [-0.25, -0.2) is 12.8 Å². The Morgan fingerprint density at radius 2 is 1.95 bits per heavy atom. The molecule has 0 fully saturated rings. The number of hydrogen-bond donors (Lipinski definition) is 2. The van der Waals surface area contributed by atoms with Gasteiger partial charge in [0.2, 0.25) is 0 Å². The van der Waals surface area contributed by atoms with Crippen LogP contribution < -0.4 is 10.5 Å². The topological polar surface area (TPSA) is 85.3 Å². The number of furan rings is 1. The molecule has 1 heterocycles. The van der Waals surface area contributed by atoms with Gasteiger partial charge in [0.15, 0.2) is 4.67 Å². The zero-order chi connectivity index (χ0) is 14.0. The van der Waals surface area contributed by atoms with Crippen LogP contribution in [-0.2, 0) is 16.6 Å². The number of sulfonamides is 1. The highest BCUT2D eigenvalue weighted by Crippen LogP contribution is 2.27. The van der Waals surface area contributed by atoms with Crippen molar-refractivity contribution in [2.75, 3.05) is 4.72 Å². The van der Waals surface area contributed by atoms with E-state index < -0.39 is 15.8 Å². The summed E-state index contributed by atoms with van der Waals surface area (Å²) in [6.07, 6.45) is 0. The average molecular weight is 349 g/mol. The second kappa shape index (κ2) is 5.32. The van der Waals surface area contributed by atoms with Crippen molar-refractivity contribution in [3.8, 4) is 0 Å². The second-order valence-corrected chi connectivity index (χ2v) is 6.04. The molecule has 0 aliphatic heterocycles. The predicted octanol–water partition coefficient (Wildman–Crippen LogP) is 2.44. The van der Waals surface area contributed by atoms with Crippen LogP contribution in [0.3, 0.4) is 0 Å². The zero-order valence-corrected chi connectivity index (χ0v) is 12.0. The van der Waals surface area contributed by atoms with Gasteiger partial charge in [-0.3, -0.25) is 4.72 Å². The molecule has 8 heteroatoms. The molecule has 0 saturated heterocycles. The second-order valence-electron chi connectivity index (χ2n) is 3.67. The highest BCUT2D eigenvalue weighted by atomic mass is 79.9. The Balaban J connectivity index is 2.31. The van der Waals surface area contributed by atoms with Crippen molar-refractivity contribution < 1.29 is 17.2 Å². The summed E-state index contributed by atoms with van der Waals surface area (Å²) in [6.45, 7) is 0.0880. The molecule has 0 radical (unpaired) electrons. The van der Waals surface area contributed by atoms with E-state index in [1.165, 1.54) is 18.2 Å². The molecule has 2 aromatic rings. The molecule has 0 atom stereocenters. The Morgan fingerprint density at radius 1 is 1.32 bits per heavy atom. The van der Waals surface area contributed by atoms with E-state index in [4.69, 9.17) is 10.2 Å². The van der Waals surface area contributed by atoms with Crippen LogP contribution >= 0.6 is 15.9 Å². The van der Waals surface area contributed by atoms with Crippen molar-refractivity contribution in [1.82, 2.24) is 0 Å². The van der Waals surface area contributed by atoms with E-state index >= 15 is 0 Å². The molecule has 19 heavy (non-hydrogen) atoms. The summed E-state index contributed by atoms with van der Waals surface area (Å²) < 4.78 is 44.5. The van der Waals surface area contributed by atoms with Crippen LogP contribution in [0.25, 0.3) is 0 Å². The van der Waals surface area contributed by atoms with Crippen molar-refractivity contribution in [2.24, 2.45) is 5.73 Å². The van der Waals surface area contributed by atoms with Crippen molar-refractivity contribution in [1.29, 1.82) is 0 Å². The lowest BCUT2D eigenvalue weighted by atomic mass is 10.3. The van der Waals surface area contributed by atoms with Gasteiger partial charge in [0.1, 0.15) is 16.5 Å². The Morgan fingerprint density at radius 3 is 2.47 bits per heavy atom. The van der Waals surface area contributed by atoms with E-state index in [-0.39, 0.29) is 21.8 Å². The van der Waals surface area contributed by atoms with Crippen LogP contribution in [-0.4, -0.2) is 8.42 Å². The summed E-state index contributed by atoms with van der Waals surface area (Å²) in [6, 6.07) is 6.30. The number of benzene rings is 1. The quantitative estimate of drug-likeness (QED) is 0.888. The maximum Gasteiger partial charge on any atom is 0.266 e. The molecule has 102 valence electrons. The largest absolute Gasteiger partial charge is 0.452 e. The van der Waals surface area contributed by atoms with Crippen molar-refractivity contribution >= 4 is 31.6 Å². The summed E-state index contributed by atoms with van der Waals surface area (Å²) in [4.78, 5) is -0.0581. The molecule has 0 bridgehead atoms. The highest BCUT2D eigenvalue weighted by molar-refractivity contribution is 9.10. The lowest BCUT2D eigenvalue weighted by Crippen LogP contribution is -2.12. The standard InChI is InChI=1S/C11H10BrFN2O3S/c12-11-10(5-9(6-14)18-11)19(16,17)15-8-3-1-7(13)2-4-8/h1-5,15H,6,14H2. The van der Waals surface area contributed by atoms with Crippen LogP contribution in [0, 0.1) is 5.82 Å². The van der Waals surface area contributed by atoms with E-state index in [9.17, 15) is 12.8 Å². The number of hydrogen-bond acceptors (Lipinski definition) is 4. The van der Waals surface area contributed by atoms with Crippen LogP contribution in [0.1, 0.15) is 5.76 Å². The molecular weight excluding hydrogens is 339 g/mol. The van der Waals surface area contributed by atoms with Gasteiger partial charge < -0.3 is 10.2 Å². The van der Waals surface area contributed by atoms with Crippen molar-refractivity contribution in [3.05, 3.63) is 46.6 Å². The van der Waals surface area contributed by atoms with Gasteiger partial charge in [-0.2, -0.15) is 0 Å². The summed E-state index contributed by atoms with van der Waals surface area (Å²) in [5.74, 6) is -0.107. The fourth-order valence-electron chi connectivity index (χ4n) is 1.41. The normalized spacial score (nSPS) is 11.5. The summed E-state index contributed by atoms with van der Waals surface area (Å²) in [5.41, 5.74) is 5.63. The van der Waals surface area contributed by atoms with Gasteiger partial charge in [-0.1, -0.05) is 0 Å². The molecule has 5 nitrogen and oxygen atoms in total. The van der Waals surface area contributed by atoms with Gasteiger partial charge in [0.25, 0.3) is 10.0 Å². The Kier molecular flexibility index (Phi) is 3.93. The first-order valence-corrected chi connectivity index (χ1v) is 7.46. The lowest BCUT2D eigenvalue weighted by Gasteiger charge is -2.06. The molecule has 0 unspecified atom stereocenters. The first kappa shape index (κ1) is 14.0. The first-order chi connectivity index (χ1) is 8.92. The minimum absolute atomic E-state index is 0.0581. The van der Waals surface area contributed by atoms with E-state index in [1.54, 1.807) is 0 Å². The van der Waals surface area contributed by atoms with Gasteiger partial charge in [0, 0.05) is 11.8 Å². The molecule has 0 amide bonds. The lowest BCUT2D eigenvalue weighted by molar-refractivity contribution is 0.484. The third-order valence-corrected chi connectivity index (χ3v) is 4.53. The van der Waals surface area contributed by atoms with Gasteiger partial charge in [-0.15, -0.1) is 0 Å². The minimum Gasteiger partial charge on any atom is -0.452 e. The van der Waals surface area contributed by atoms with E-state index in [2.05, 4.69) is 20.7 Å².